The van der Waals surface area contributed by atoms with Crippen molar-refractivity contribution in [2.75, 3.05) is 7.11 Å². The van der Waals surface area contributed by atoms with Gasteiger partial charge in [0.25, 0.3) is 0 Å². The monoisotopic (exact) mass is 273 g/mol. The maximum absolute atomic E-state index is 14.1. The number of methoxy groups -OCH3 is 1. The number of halogens is 1. The van der Waals surface area contributed by atoms with Gasteiger partial charge < -0.3 is 10.1 Å². The van der Waals surface area contributed by atoms with Crippen LogP contribution < -0.4 is 10.1 Å². The highest BCUT2D eigenvalue weighted by Crippen LogP contribution is 2.22. The Balaban J connectivity index is 2.08. The summed E-state index contributed by atoms with van der Waals surface area (Å²) in [6.07, 6.45) is 0.954. The number of benzene rings is 2. The molecule has 2 aromatic rings. The van der Waals surface area contributed by atoms with Gasteiger partial charge in [-0.3, -0.25) is 0 Å². The average molecular weight is 273 g/mol. The highest BCUT2D eigenvalue weighted by molar-refractivity contribution is 5.31. The van der Waals surface area contributed by atoms with E-state index in [9.17, 15) is 4.39 Å². The summed E-state index contributed by atoms with van der Waals surface area (Å²) in [6.45, 7) is 2.60. The molecule has 0 aromatic heterocycles. The SMILES string of the molecule is CCC(NCc1cccc(OC)c1F)c1ccccc1. The maximum Gasteiger partial charge on any atom is 0.169 e. The predicted octanol–water partition coefficient (Wildman–Crippen LogP) is 4.08. The first-order valence-electron chi connectivity index (χ1n) is 6.86. The fourth-order valence-electron chi connectivity index (χ4n) is 2.27. The van der Waals surface area contributed by atoms with E-state index >= 15 is 0 Å². The van der Waals surface area contributed by atoms with Crippen molar-refractivity contribution >= 4 is 0 Å². The second-order valence-electron chi connectivity index (χ2n) is 4.69. The Hall–Kier alpha value is -1.87. The molecule has 1 unspecified atom stereocenters. The topological polar surface area (TPSA) is 21.3 Å². The van der Waals surface area contributed by atoms with Crippen molar-refractivity contribution in [2.24, 2.45) is 0 Å². The molecule has 0 heterocycles. The highest BCUT2D eigenvalue weighted by Gasteiger charge is 2.11. The zero-order valence-electron chi connectivity index (χ0n) is 11.9. The average Bonchev–Trinajstić information content (AvgIpc) is 2.50. The minimum Gasteiger partial charge on any atom is -0.494 e. The van der Waals surface area contributed by atoms with Crippen LogP contribution in [0.4, 0.5) is 4.39 Å². The van der Waals surface area contributed by atoms with Gasteiger partial charge in [-0.1, -0.05) is 49.4 Å². The number of hydrogen-bond acceptors (Lipinski definition) is 2. The number of nitrogens with one attached hydrogen (secondary N) is 1. The summed E-state index contributed by atoms with van der Waals surface area (Å²) >= 11 is 0. The van der Waals surface area contributed by atoms with Gasteiger partial charge in [-0.25, -0.2) is 4.39 Å². The lowest BCUT2D eigenvalue weighted by molar-refractivity contribution is 0.382. The van der Waals surface area contributed by atoms with Crippen molar-refractivity contribution in [3.05, 3.63) is 65.5 Å². The molecule has 1 N–H and O–H groups in total. The third-order valence-corrected chi connectivity index (χ3v) is 3.41. The van der Waals surface area contributed by atoms with Gasteiger partial charge in [0.2, 0.25) is 0 Å². The third kappa shape index (κ3) is 3.36. The van der Waals surface area contributed by atoms with Crippen LogP contribution in [0.15, 0.2) is 48.5 Å². The molecule has 0 aliphatic heterocycles. The van der Waals surface area contributed by atoms with Gasteiger partial charge >= 0.3 is 0 Å². The van der Waals surface area contributed by atoms with Crippen LogP contribution in [0.5, 0.6) is 5.75 Å². The van der Waals surface area contributed by atoms with Crippen LogP contribution in [0.25, 0.3) is 0 Å². The molecule has 2 aromatic carbocycles. The summed E-state index contributed by atoms with van der Waals surface area (Å²) < 4.78 is 19.1. The van der Waals surface area contributed by atoms with Gasteiger partial charge in [0.15, 0.2) is 11.6 Å². The van der Waals surface area contributed by atoms with Gasteiger partial charge in [-0.05, 0) is 18.1 Å². The molecular formula is C17H20FNO. The second kappa shape index (κ2) is 7.06. The Morgan fingerprint density at radius 2 is 1.85 bits per heavy atom. The van der Waals surface area contributed by atoms with Gasteiger partial charge in [0, 0.05) is 18.2 Å². The zero-order chi connectivity index (χ0) is 14.4. The zero-order valence-corrected chi connectivity index (χ0v) is 11.9. The van der Waals surface area contributed by atoms with E-state index in [1.54, 1.807) is 12.1 Å². The standard InChI is InChI=1S/C17H20FNO/c1-3-15(13-8-5-4-6-9-13)19-12-14-10-7-11-16(20-2)17(14)18/h4-11,15,19H,3,12H2,1-2H3. The van der Waals surface area contributed by atoms with E-state index in [4.69, 9.17) is 4.74 Å². The smallest absolute Gasteiger partial charge is 0.169 e. The van der Waals surface area contributed by atoms with E-state index in [1.165, 1.54) is 12.7 Å². The second-order valence-corrected chi connectivity index (χ2v) is 4.69. The fourth-order valence-corrected chi connectivity index (χ4v) is 2.27. The van der Waals surface area contributed by atoms with Crippen molar-refractivity contribution in [3.63, 3.8) is 0 Å². The molecule has 1 atom stereocenters. The van der Waals surface area contributed by atoms with Crippen LogP contribution in [-0.4, -0.2) is 7.11 Å². The molecular weight excluding hydrogens is 253 g/mol. The van der Waals surface area contributed by atoms with E-state index < -0.39 is 0 Å². The van der Waals surface area contributed by atoms with Gasteiger partial charge in [-0.15, -0.1) is 0 Å². The molecule has 0 fully saturated rings. The van der Waals surface area contributed by atoms with Crippen LogP contribution in [0.2, 0.25) is 0 Å². The molecule has 0 aliphatic carbocycles. The maximum atomic E-state index is 14.1. The molecule has 0 bridgehead atoms. The largest absolute Gasteiger partial charge is 0.494 e. The molecule has 106 valence electrons. The lowest BCUT2D eigenvalue weighted by Gasteiger charge is -2.18. The van der Waals surface area contributed by atoms with Crippen molar-refractivity contribution in [1.29, 1.82) is 0 Å². The Labute approximate surface area is 119 Å². The molecule has 20 heavy (non-hydrogen) atoms. The Morgan fingerprint density at radius 3 is 2.50 bits per heavy atom. The van der Waals surface area contributed by atoms with Crippen molar-refractivity contribution in [2.45, 2.75) is 25.9 Å². The van der Waals surface area contributed by atoms with Crippen LogP contribution >= 0.6 is 0 Å². The van der Waals surface area contributed by atoms with Gasteiger partial charge in [0.1, 0.15) is 0 Å². The summed E-state index contributed by atoms with van der Waals surface area (Å²) in [5, 5.41) is 3.40. The van der Waals surface area contributed by atoms with Crippen LogP contribution in [-0.2, 0) is 6.54 Å². The van der Waals surface area contributed by atoms with E-state index in [-0.39, 0.29) is 17.6 Å². The third-order valence-electron chi connectivity index (χ3n) is 3.41. The molecule has 0 radical (unpaired) electrons. The summed E-state index contributed by atoms with van der Waals surface area (Å²) in [4.78, 5) is 0. The van der Waals surface area contributed by atoms with E-state index in [1.807, 2.05) is 24.3 Å². The van der Waals surface area contributed by atoms with Gasteiger partial charge in [-0.2, -0.15) is 0 Å². The van der Waals surface area contributed by atoms with E-state index in [0.29, 0.717) is 12.1 Å². The molecule has 0 saturated heterocycles. The molecule has 2 rings (SSSR count). The Bertz CT molecular complexity index is 542. The Morgan fingerprint density at radius 1 is 1.10 bits per heavy atom. The number of ether oxygens (including phenoxy) is 1. The number of hydrogen-bond donors (Lipinski definition) is 1. The Kier molecular flexibility index (Phi) is 5.13. The molecule has 2 nitrogen and oxygen atoms in total. The first-order chi connectivity index (χ1) is 9.76. The van der Waals surface area contributed by atoms with Crippen LogP contribution in [0.1, 0.15) is 30.5 Å². The summed E-state index contributed by atoms with van der Waals surface area (Å²) in [7, 11) is 1.48. The quantitative estimate of drug-likeness (QED) is 0.856. The minimum atomic E-state index is -0.287. The van der Waals surface area contributed by atoms with Crippen molar-refractivity contribution in [3.8, 4) is 5.75 Å². The molecule has 0 spiro atoms. The lowest BCUT2D eigenvalue weighted by atomic mass is 10.0. The summed E-state index contributed by atoms with van der Waals surface area (Å²) in [6, 6.07) is 15.7. The van der Waals surface area contributed by atoms with E-state index in [0.717, 1.165) is 6.42 Å². The molecule has 0 saturated carbocycles. The fraction of sp³-hybridized carbons (Fsp3) is 0.294. The normalized spacial score (nSPS) is 12.2. The predicted molar refractivity (Wildman–Crippen MR) is 79.3 cm³/mol. The summed E-state index contributed by atoms with van der Waals surface area (Å²) in [5.74, 6) is 0.00229. The van der Waals surface area contributed by atoms with Gasteiger partial charge in [0.05, 0.1) is 7.11 Å². The lowest BCUT2D eigenvalue weighted by Crippen LogP contribution is -2.20. The van der Waals surface area contributed by atoms with Crippen molar-refractivity contribution in [1.82, 2.24) is 5.32 Å². The van der Waals surface area contributed by atoms with Crippen LogP contribution in [0, 0.1) is 5.82 Å². The minimum absolute atomic E-state index is 0.224. The van der Waals surface area contributed by atoms with Crippen molar-refractivity contribution < 1.29 is 9.13 Å². The van der Waals surface area contributed by atoms with E-state index in [2.05, 4.69) is 24.4 Å². The molecule has 0 aliphatic rings. The summed E-state index contributed by atoms with van der Waals surface area (Å²) in [5.41, 5.74) is 1.84. The highest BCUT2D eigenvalue weighted by atomic mass is 19.1. The molecule has 3 heteroatoms. The first kappa shape index (κ1) is 14.5. The first-order valence-corrected chi connectivity index (χ1v) is 6.86. The molecule has 0 amide bonds. The van der Waals surface area contributed by atoms with Crippen LogP contribution in [0.3, 0.4) is 0 Å². The number of rotatable bonds is 6.